The third-order valence-corrected chi connectivity index (χ3v) is 5.93. The Hall–Kier alpha value is -3.38. The highest BCUT2D eigenvalue weighted by Crippen LogP contribution is 2.34. The number of carbonyl (C=O) groups is 2. The molecule has 0 saturated carbocycles. The van der Waals surface area contributed by atoms with Crippen LogP contribution in [-0.2, 0) is 14.3 Å². The van der Waals surface area contributed by atoms with Gasteiger partial charge in [-0.25, -0.2) is 9.64 Å². The van der Waals surface area contributed by atoms with E-state index in [1.807, 2.05) is 45.9 Å². The van der Waals surface area contributed by atoms with Crippen LogP contribution in [0.2, 0.25) is 0 Å². The highest BCUT2D eigenvalue weighted by atomic mass is 16.6. The number of hydrogen-bond donors (Lipinski definition) is 1. The van der Waals surface area contributed by atoms with Gasteiger partial charge in [0.25, 0.3) is 5.91 Å². The van der Waals surface area contributed by atoms with Crippen LogP contribution in [0.4, 0.5) is 16.2 Å². The molecule has 2 fully saturated rings. The lowest BCUT2D eigenvalue weighted by Crippen LogP contribution is -2.60. The average Bonchev–Trinajstić information content (AvgIpc) is 2.75. The third-order valence-electron chi connectivity index (χ3n) is 5.93. The van der Waals surface area contributed by atoms with Gasteiger partial charge >= 0.3 is 6.09 Å². The Bertz CT molecular complexity index is 1120. The number of fused-ring (bicyclic) bond motifs is 1. The number of nitrogens with one attached hydrogen (secondary N) is 1. The minimum Gasteiger partial charge on any atom is -0.444 e. The van der Waals surface area contributed by atoms with Gasteiger partial charge in [0.15, 0.2) is 6.10 Å². The number of nitrogens with zero attached hydrogens (tertiary/aromatic N) is 4. The predicted octanol–water partition coefficient (Wildman–Crippen LogP) is 3.36. The number of anilines is 1. The second kappa shape index (κ2) is 9.47. The molecule has 0 radical (unpaired) electrons. The molecule has 0 spiro atoms. The van der Waals surface area contributed by atoms with Crippen molar-refractivity contribution in [2.24, 2.45) is 5.92 Å². The van der Waals surface area contributed by atoms with Crippen molar-refractivity contribution in [3.63, 3.8) is 0 Å². The number of carbonyl (C=O) groups excluding carboxylic acids is 2. The Morgan fingerprint density at radius 3 is 2.71 bits per heavy atom. The second-order valence-electron chi connectivity index (χ2n) is 9.95. The standard InChI is InChI=1S/C25H31N5O4/c1-16-12-29(20-9-8-19(26-5)22-18(20)7-6-10-27-22)15-21(33-16)23(31)30-13-17(14-30)11-28-24(32)34-25(2,3)4/h6-10,16-17,21H,11-15H2,1-4H3,(H,28,32)/t16-,21-/m1/s1. The highest BCUT2D eigenvalue weighted by molar-refractivity contribution is 6.00. The van der Waals surface area contributed by atoms with Gasteiger partial charge in [0.1, 0.15) is 5.60 Å². The van der Waals surface area contributed by atoms with Crippen molar-refractivity contribution in [1.29, 1.82) is 0 Å². The van der Waals surface area contributed by atoms with Crippen molar-refractivity contribution in [2.75, 3.05) is 37.6 Å². The van der Waals surface area contributed by atoms with Crippen molar-refractivity contribution in [3.05, 3.63) is 41.9 Å². The summed E-state index contributed by atoms with van der Waals surface area (Å²) in [6.07, 6.45) is 0.549. The fourth-order valence-electron chi connectivity index (χ4n) is 4.42. The minimum atomic E-state index is -0.573. The molecule has 1 aromatic heterocycles. The molecule has 2 amide bonds. The molecule has 0 aliphatic carbocycles. The molecule has 34 heavy (non-hydrogen) atoms. The summed E-state index contributed by atoms with van der Waals surface area (Å²) in [6.45, 7) is 17.6. The van der Waals surface area contributed by atoms with Crippen LogP contribution in [0.25, 0.3) is 15.7 Å². The number of amides is 2. The Morgan fingerprint density at radius 1 is 1.24 bits per heavy atom. The summed E-state index contributed by atoms with van der Waals surface area (Å²) in [7, 11) is 0. The first kappa shape index (κ1) is 23.8. The van der Waals surface area contributed by atoms with E-state index in [0.717, 1.165) is 11.1 Å². The average molecular weight is 466 g/mol. The first-order valence-electron chi connectivity index (χ1n) is 11.6. The Morgan fingerprint density at radius 2 is 2.00 bits per heavy atom. The summed E-state index contributed by atoms with van der Waals surface area (Å²) >= 11 is 0. The lowest BCUT2D eigenvalue weighted by molar-refractivity contribution is -0.154. The van der Waals surface area contributed by atoms with Gasteiger partial charge in [-0.2, -0.15) is 0 Å². The zero-order chi connectivity index (χ0) is 24.5. The number of rotatable bonds is 4. The third kappa shape index (κ3) is 5.23. The van der Waals surface area contributed by atoms with Crippen molar-refractivity contribution in [3.8, 4) is 0 Å². The molecular formula is C25H31N5O4. The van der Waals surface area contributed by atoms with E-state index in [1.54, 1.807) is 17.2 Å². The van der Waals surface area contributed by atoms with E-state index in [9.17, 15) is 9.59 Å². The van der Waals surface area contributed by atoms with E-state index in [0.29, 0.717) is 43.9 Å². The van der Waals surface area contributed by atoms with E-state index < -0.39 is 17.8 Å². The van der Waals surface area contributed by atoms with Crippen molar-refractivity contribution >= 4 is 34.3 Å². The Kier molecular flexibility index (Phi) is 6.62. The number of ether oxygens (including phenoxy) is 2. The topological polar surface area (TPSA) is 88.4 Å². The normalized spacial score (nSPS) is 21.0. The van der Waals surface area contributed by atoms with Crippen LogP contribution in [0.1, 0.15) is 27.7 Å². The smallest absolute Gasteiger partial charge is 0.407 e. The van der Waals surface area contributed by atoms with Crippen LogP contribution < -0.4 is 10.2 Å². The van der Waals surface area contributed by atoms with Gasteiger partial charge in [0.2, 0.25) is 5.69 Å². The summed E-state index contributed by atoms with van der Waals surface area (Å²) < 4.78 is 11.3. The molecule has 9 heteroatoms. The van der Waals surface area contributed by atoms with Gasteiger partial charge in [-0.3, -0.25) is 9.78 Å². The fourth-order valence-corrected chi connectivity index (χ4v) is 4.42. The molecule has 2 saturated heterocycles. The van der Waals surface area contributed by atoms with Crippen LogP contribution in [0.15, 0.2) is 30.5 Å². The fraction of sp³-hybridized carbons (Fsp3) is 0.520. The highest BCUT2D eigenvalue weighted by Gasteiger charge is 2.39. The number of hydrogen-bond acceptors (Lipinski definition) is 6. The summed E-state index contributed by atoms with van der Waals surface area (Å²) in [5.74, 6) is 0.162. The van der Waals surface area contributed by atoms with Crippen molar-refractivity contribution < 1.29 is 19.1 Å². The number of pyridine rings is 1. The van der Waals surface area contributed by atoms with E-state index in [1.165, 1.54) is 0 Å². The molecule has 1 aromatic carbocycles. The van der Waals surface area contributed by atoms with Crippen LogP contribution in [-0.4, -0.2) is 72.4 Å². The second-order valence-corrected chi connectivity index (χ2v) is 9.95. The van der Waals surface area contributed by atoms with E-state index >= 15 is 0 Å². The monoisotopic (exact) mass is 465 g/mol. The zero-order valence-electron chi connectivity index (χ0n) is 20.1. The maximum atomic E-state index is 13.1. The molecule has 2 atom stereocenters. The van der Waals surface area contributed by atoms with Gasteiger partial charge in [-0.05, 0) is 39.8 Å². The zero-order valence-corrected chi connectivity index (χ0v) is 20.1. The first-order valence-corrected chi connectivity index (χ1v) is 11.6. The lowest BCUT2D eigenvalue weighted by atomic mass is 9.99. The van der Waals surface area contributed by atoms with Gasteiger partial charge in [-0.15, -0.1) is 0 Å². The number of benzene rings is 1. The maximum Gasteiger partial charge on any atom is 0.407 e. The molecule has 1 N–H and O–H groups in total. The van der Waals surface area contributed by atoms with E-state index in [4.69, 9.17) is 16.0 Å². The molecule has 2 aromatic rings. The summed E-state index contributed by atoms with van der Waals surface area (Å²) in [5.41, 5.74) is 1.59. The summed E-state index contributed by atoms with van der Waals surface area (Å²) in [6, 6.07) is 7.53. The van der Waals surface area contributed by atoms with E-state index in [2.05, 4.69) is 20.0 Å². The van der Waals surface area contributed by atoms with Gasteiger partial charge in [0.05, 0.1) is 24.7 Å². The molecule has 0 bridgehead atoms. The lowest BCUT2D eigenvalue weighted by Gasteiger charge is -2.44. The quantitative estimate of drug-likeness (QED) is 0.697. The van der Waals surface area contributed by atoms with Gasteiger partial charge in [0, 0.05) is 49.4 Å². The minimum absolute atomic E-state index is 0.0368. The van der Waals surface area contributed by atoms with E-state index in [-0.39, 0.29) is 17.9 Å². The van der Waals surface area contributed by atoms with Crippen molar-refractivity contribution in [2.45, 2.75) is 45.5 Å². The molecule has 2 aliphatic rings. The first-order chi connectivity index (χ1) is 16.1. The SMILES string of the molecule is [C-]#[N+]c1ccc(N2C[C@@H](C)O[C@@H](C(=O)N3CC(CNC(=O)OC(C)(C)C)C3)C2)c2cccnc12. The molecule has 9 nitrogen and oxygen atoms in total. The van der Waals surface area contributed by atoms with Crippen molar-refractivity contribution in [1.82, 2.24) is 15.2 Å². The summed E-state index contributed by atoms with van der Waals surface area (Å²) in [4.78, 5) is 36.9. The molecule has 180 valence electrons. The van der Waals surface area contributed by atoms with Gasteiger partial charge in [-0.1, -0.05) is 12.1 Å². The molecule has 3 heterocycles. The number of likely N-dealkylation sites (tertiary alicyclic amines) is 1. The molecular weight excluding hydrogens is 434 g/mol. The summed E-state index contributed by atoms with van der Waals surface area (Å²) in [5, 5.41) is 3.67. The molecule has 4 rings (SSSR count). The molecule has 2 aliphatic heterocycles. The number of morpholine rings is 1. The van der Waals surface area contributed by atoms with Crippen LogP contribution >= 0.6 is 0 Å². The molecule has 0 unspecified atom stereocenters. The predicted molar refractivity (Wildman–Crippen MR) is 129 cm³/mol. The Labute approximate surface area is 199 Å². The largest absolute Gasteiger partial charge is 0.444 e. The van der Waals surface area contributed by atoms with Crippen LogP contribution in [0.3, 0.4) is 0 Å². The maximum absolute atomic E-state index is 13.1. The van der Waals surface area contributed by atoms with Gasteiger partial charge < -0.3 is 24.6 Å². The Balaban J connectivity index is 1.37. The number of aromatic nitrogens is 1. The van der Waals surface area contributed by atoms with Crippen LogP contribution in [0.5, 0.6) is 0 Å². The van der Waals surface area contributed by atoms with Crippen LogP contribution in [0, 0.1) is 12.5 Å². The number of alkyl carbamates (subject to hydrolysis) is 1.